The second-order valence-corrected chi connectivity index (χ2v) is 7.59. The van der Waals surface area contributed by atoms with Crippen LogP contribution in [0.5, 0.6) is 0 Å². The van der Waals surface area contributed by atoms with Gasteiger partial charge in [-0.3, -0.25) is 24.1 Å². The van der Waals surface area contributed by atoms with E-state index in [1.54, 1.807) is 13.1 Å². The van der Waals surface area contributed by atoms with Crippen molar-refractivity contribution < 1.29 is 24.0 Å². The van der Waals surface area contributed by atoms with Crippen molar-refractivity contribution in [1.29, 1.82) is 0 Å². The summed E-state index contributed by atoms with van der Waals surface area (Å²) < 4.78 is 0. The van der Waals surface area contributed by atoms with Crippen molar-refractivity contribution in [1.82, 2.24) is 20.9 Å². The first-order valence-corrected chi connectivity index (χ1v) is 10.3. The van der Waals surface area contributed by atoms with Crippen LogP contribution in [0, 0.1) is 0 Å². The summed E-state index contributed by atoms with van der Waals surface area (Å²) in [6, 6.07) is -3.96. The number of carbonyl (C=O) groups excluding carboxylic acids is 5. The minimum absolute atomic E-state index is 0.145. The molecule has 0 aromatic carbocycles. The fraction of sp³-hybridized carbons (Fsp3) is 0.571. The second kappa shape index (κ2) is 14.9. The van der Waals surface area contributed by atoms with Gasteiger partial charge in [-0.25, -0.2) is 0 Å². The third kappa shape index (κ3) is 11.4. The lowest BCUT2D eigenvalue weighted by atomic mass is 10.1. The fourth-order valence-corrected chi connectivity index (χ4v) is 2.70. The predicted molar refractivity (Wildman–Crippen MR) is 121 cm³/mol. The molecule has 32 heavy (non-hydrogen) atoms. The maximum absolute atomic E-state index is 12.8. The first-order valence-electron chi connectivity index (χ1n) is 10.3. The standard InChI is InChI=1S/C21H36N6O5/c1-6-8-15(7-2)10-27(5)11-17(26-19(30)13(3)22)21(32)24-14(4)20(31)25-16(12-28)9-18(23)29/h7-8,12-14,16-17H,2,6,9-11,22H2,1,3-5H3,(H2,23,29)(H,24,32)(H,25,31)(H,26,30)/b15-8+/t13-,14+,16-,17-/m0/s1. The molecule has 7 N–H and O–H groups in total. The van der Waals surface area contributed by atoms with Crippen molar-refractivity contribution >= 4 is 29.9 Å². The third-order valence-electron chi connectivity index (χ3n) is 4.39. The zero-order chi connectivity index (χ0) is 24.8. The number of rotatable bonds is 15. The Morgan fingerprint density at radius 3 is 2.16 bits per heavy atom. The molecular weight excluding hydrogens is 416 g/mol. The summed E-state index contributed by atoms with van der Waals surface area (Å²) in [5.41, 5.74) is 11.6. The summed E-state index contributed by atoms with van der Waals surface area (Å²) in [6.45, 7) is 9.30. The highest BCUT2D eigenvalue weighted by Crippen LogP contribution is 2.03. The lowest BCUT2D eigenvalue weighted by Gasteiger charge is -2.26. The van der Waals surface area contributed by atoms with Gasteiger partial charge in [-0.2, -0.15) is 0 Å². The Kier molecular flexibility index (Phi) is 13.5. The van der Waals surface area contributed by atoms with Crippen LogP contribution in [0.15, 0.2) is 24.3 Å². The molecule has 0 aromatic rings. The van der Waals surface area contributed by atoms with Crippen LogP contribution in [0.1, 0.15) is 33.6 Å². The van der Waals surface area contributed by atoms with Crippen molar-refractivity contribution in [2.75, 3.05) is 20.1 Å². The molecule has 0 radical (unpaired) electrons. The fourth-order valence-electron chi connectivity index (χ4n) is 2.70. The van der Waals surface area contributed by atoms with E-state index in [0.29, 0.717) is 12.8 Å². The SMILES string of the molecule is C=C/C(=C\CC)CN(C)C[C@H](NC(=O)[C@H](C)N)C(=O)N[C@H](C)C(=O)N[C@H](C=O)CC(N)=O. The molecule has 0 aliphatic carbocycles. The third-order valence-corrected chi connectivity index (χ3v) is 4.39. The lowest BCUT2D eigenvalue weighted by molar-refractivity contribution is -0.133. The van der Waals surface area contributed by atoms with Crippen LogP contribution in [0.25, 0.3) is 0 Å². The smallest absolute Gasteiger partial charge is 0.244 e. The molecule has 0 aliphatic heterocycles. The molecule has 0 saturated heterocycles. The van der Waals surface area contributed by atoms with Gasteiger partial charge in [0.05, 0.1) is 18.5 Å². The Hall–Kier alpha value is -3.05. The largest absolute Gasteiger partial charge is 0.370 e. The topological polar surface area (TPSA) is 177 Å². The van der Waals surface area contributed by atoms with Crippen molar-refractivity contribution in [3.8, 4) is 0 Å². The van der Waals surface area contributed by atoms with Crippen molar-refractivity contribution in [2.24, 2.45) is 11.5 Å². The van der Waals surface area contributed by atoms with Gasteiger partial charge in [0.2, 0.25) is 23.6 Å². The number of hydrogen-bond donors (Lipinski definition) is 5. The van der Waals surface area contributed by atoms with Gasteiger partial charge in [-0.1, -0.05) is 25.7 Å². The monoisotopic (exact) mass is 452 g/mol. The van der Waals surface area contributed by atoms with Crippen molar-refractivity contribution in [2.45, 2.75) is 57.8 Å². The molecule has 0 saturated carbocycles. The van der Waals surface area contributed by atoms with Crippen LogP contribution >= 0.6 is 0 Å². The van der Waals surface area contributed by atoms with E-state index in [4.69, 9.17) is 11.5 Å². The molecule has 0 aromatic heterocycles. The summed E-state index contributed by atoms with van der Waals surface area (Å²) in [5, 5.41) is 7.42. The molecule has 0 bridgehead atoms. The summed E-state index contributed by atoms with van der Waals surface area (Å²) >= 11 is 0. The maximum Gasteiger partial charge on any atom is 0.244 e. The van der Waals surface area contributed by atoms with Gasteiger partial charge in [-0.05, 0) is 32.9 Å². The van der Waals surface area contributed by atoms with E-state index in [-0.39, 0.29) is 13.0 Å². The molecule has 4 amide bonds. The molecule has 0 unspecified atom stereocenters. The normalized spacial score (nSPS) is 15.1. The molecule has 11 heteroatoms. The number of hydrogen-bond acceptors (Lipinski definition) is 7. The maximum atomic E-state index is 12.8. The molecule has 0 heterocycles. The zero-order valence-corrected chi connectivity index (χ0v) is 19.2. The van der Waals surface area contributed by atoms with Gasteiger partial charge in [-0.15, -0.1) is 0 Å². The van der Waals surface area contributed by atoms with Crippen LogP contribution in [-0.4, -0.2) is 79.1 Å². The molecular formula is C21H36N6O5. The van der Waals surface area contributed by atoms with Gasteiger partial charge in [0, 0.05) is 13.1 Å². The second-order valence-electron chi connectivity index (χ2n) is 7.59. The minimum Gasteiger partial charge on any atom is -0.370 e. The lowest BCUT2D eigenvalue weighted by Crippen LogP contribution is -2.58. The van der Waals surface area contributed by atoms with Gasteiger partial charge in [0.15, 0.2) is 0 Å². The number of amides is 4. The number of nitrogens with one attached hydrogen (secondary N) is 3. The van der Waals surface area contributed by atoms with Crippen LogP contribution < -0.4 is 27.4 Å². The summed E-state index contributed by atoms with van der Waals surface area (Å²) in [4.78, 5) is 61.0. The van der Waals surface area contributed by atoms with E-state index in [1.807, 2.05) is 17.9 Å². The molecule has 180 valence electrons. The van der Waals surface area contributed by atoms with E-state index in [9.17, 15) is 24.0 Å². The Balaban J connectivity index is 5.26. The molecule has 0 rings (SSSR count). The Bertz CT molecular complexity index is 721. The van der Waals surface area contributed by atoms with Crippen LogP contribution in [-0.2, 0) is 24.0 Å². The highest BCUT2D eigenvalue weighted by Gasteiger charge is 2.27. The molecule has 4 atom stereocenters. The zero-order valence-electron chi connectivity index (χ0n) is 19.2. The van der Waals surface area contributed by atoms with Gasteiger partial charge in [0.1, 0.15) is 18.4 Å². The predicted octanol–water partition coefficient (Wildman–Crippen LogP) is -1.66. The Morgan fingerprint density at radius 1 is 1.06 bits per heavy atom. The van der Waals surface area contributed by atoms with E-state index in [1.165, 1.54) is 13.8 Å². The highest BCUT2D eigenvalue weighted by atomic mass is 16.2. The number of likely N-dealkylation sites (N-methyl/N-ethyl adjacent to an activating group) is 1. The van der Waals surface area contributed by atoms with E-state index >= 15 is 0 Å². The Morgan fingerprint density at radius 2 is 1.69 bits per heavy atom. The summed E-state index contributed by atoms with van der Waals surface area (Å²) in [6.07, 6.45) is 4.58. The van der Waals surface area contributed by atoms with Gasteiger partial charge < -0.3 is 32.2 Å². The Labute approximate surface area is 189 Å². The molecule has 0 aliphatic rings. The van der Waals surface area contributed by atoms with E-state index in [2.05, 4.69) is 22.5 Å². The minimum atomic E-state index is -1.10. The van der Waals surface area contributed by atoms with Crippen LogP contribution in [0.4, 0.5) is 0 Å². The first-order chi connectivity index (χ1) is 14.9. The quantitative estimate of drug-likeness (QED) is 0.146. The number of nitrogens with two attached hydrogens (primary N) is 2. The van der Waals surface area contributed by atoms with Crippen molar-refractivity contribution in [3.63, 3.8) is 0 Å². The average Bonchev–Trinajstić information content (AvgIpc) is 2.71. The summed E-state index contributed by atoms with van der Waals surface area (Å²) in [5.74, 6) is -2.56. The summed E-state index contributed by atoms with van der Waals surface area (Å²) in [7, 11) is 1.78. The van der Waals surface area contributed by atoms with Gasteiger partial charge in [0.25, 0.3) is 0 Å². The average molecular weight is 453 g/mol. The molecule has 0 fully saturated rings. The van der Waals surface area contributed by atoms with Gasteiger partial charge >= 0.3 is 0 Å². The first kappa shape index (κ1) is 28.9. The van der Waals surface area contributed by atoms with Crippen molar-refractivity contribution in [3.05, 3.63) is 24.3 Å². The number of nitrogens with zero attached hydrogens (tertiary/aromatic N) is 1. The van der Waals surface area contributed by atoms with E-state index in [0.717, 1.165) is 12.0 Å². The molecule has 0 spiro atoms. The highest BCUT2D eigenvalue weighted by molar-refractivity contribution is 5.93. The van der Waals surface area contributed by atoms with Crippen LogP contribution in [0.3, 0.4) is 0 Å². The van der Waals surface area contributed by atoms with Crippen LogP contribution in [0.2, 0.25) is 0 Å². The number of primary amides is 1. The number of aldehydes is 1. The number of allylic oxidation sites excluding steroid dienone is 1. The van der Waals surface area contributed by atoms with E-state index < -0.39 is 47.8 Å². The molecule has 11 nitrogen and oxygen atoms in total. The number of carbonyl (C=O) groups is 5.